The van der Waals surface area contributed by atoms with Crippen molar-refractivity contribution in [3.63, 3.8) is 0 Å². The van der Waals surface area contributed by atoms with Gasteiger partial charge in [0.25, 0.3) is 0 Å². The zero-order valence-electron chi connectivity index (χ0n) is 13.9. The second-order valence-corrected chi connectivity index (χ2v) is 6.38. The number of carbonyl (C=O) groups is 1. The topological polar surface area (TPSA) is 33.5 Å². The lowest BCUT2D eigenvalue weighted by Crippen LogP contribution is -2.31. The van der Waals surface area contributed by atoms with Crippen LogP contribution < -0.4 is 4.90 Å². The lowest BCUT2D eigenvalue weighted by molar-refractivity contribution is -0.117. The molecule has 2 aromatic carbocycles. The number of carbonyl (C=O) groups excluding carboxylic acids is 1. The molecule has 3 heteroatoms. The molecule has 1 heterocycles. The molecule has 0 spiro atoms. The van der Waals surface area contributed by atoms with Crippen LogP contribution in [0.3, 0.4) is 0 Å². The van der Waals surface area contributed by atoms with Gasteiger partial charge in [-0.2, -0.15) is 0 Å². The van der Waals surface area contributed by atoms with E-state index in [1.54, 1.807) is 6.26 Å². The Labute approximate surface area is 141 Å². The lowest BCUT2D eigenvalue weighted by Gasteiger charge is -2.20. The quantitative estimate of drug-likeness (QED) is 0.708. The third-order valence-corrected chi connectivity index (χ3v) is 4.89. The number of aryl methyl sites for hydroxylation is 2. The Morgan fingerprint density at radius 1 is 1.12 bits per heavy atom. The number of nitrogens with zero attached hydrogens (tertiary/aromatic N) is 1. The van der Waals surface area contributed by atoms with Gasteiger partial charge in [-0.3, -0.25) is 4.79 Å². The number of likely N-dealkylation sites (N-methyl/N-ethyl adjacent to an activating group) is 1. The first kappa shape index (κ1) is 15.0. The molecule has 0 N–H and O–H groups in total. The molecule has 1 aromatic heterocycles. The van der Waals surface area contributed by atoms with E-state index in [1.165, 1.54) is 17.5 Å². The smallest absolute Gasteiger partial charge is 0.231 e. The van der Waals surface area contributed by atoms with Crippen molar-refractivity contribution >= 4 is 22.6 Å². The first-order chi connectivity index (χ1) is 11.8. The minimum Gasteiger partial charge on any atom is -0.464 e. The molecule has 0 bridgehead atoms. The monoisotopic (exact) mass is 319 g/mol. The van der Waals surface area contributed by atoms with Gasteiger partial charge in [-0.15, -0.1) is 0 Å². The van der Waals surface area contributed by atoms with Gasteiger partial charge < -0.3 is 9.32 Å². The maximum atomic E-state index is 12.8. The summed E-state index contributed by atoms with van der Waals surface area (Å²) in [6.07, 6.45) is 5.60. The van der Waals surface area contributed by atoms with Crippen LogP contribution >= 0.6 is 0 Å². The molecule has 0 saturated carbocycles. The molecule has 3 aromatic rings. The van der Waals surface area contributed by atoms with Crippen LogP contribution in [0.4, 0.5) is 5.69 Å². The average Bonchev–Trinajstić information content (AvgIpc) is 3.21. The summed E-state index contributed by atoms with van der Waals surface area (Å²) in [7, 11) is 0. The maximum absolute atomic E-state index is 12.8. The molecule has 0 saturated heterocycles. The van der Waals surface area contributed by atoms with E-state index in [1.807, 2.05) is 42.2 Å². The molecule has 0 atom stereocenters. The molecule has 3 nitrogen and oxygen atoms in total. The zero-order chi connectivity index (χ0) is 16.5. The highest BCUT2D eigenvalue weighted by Crippen LogP contribution is 2.31. The fraction of sp³-hybridized carbons (Fsp3) is 0.286. The normalized spacial score (nSPS) is 13.2. The molecule has 1 amide bonds. The summed E-state index contributed by atoms with van der Waals surface area (Å²) in [4.78, 5) is 14.6. The molecule has 4 rings (SSSR count). The van der Waals surface area contributed by atoms with Gasteiger partial charge in [0.05, 0.1) is 12.7 Å². The van der Waals surface area contributed by atoms with Gasteiger partial charge >= 0.3 is 0 Å². The second kappa shape index (κ2) is 6.16. The van der Waals surface area contributed by atoms with Gasteiger partial charge in [0.1, 0.15) is 5.58 Å². The van der Waals surface area contributed by atoms with Crippen LogP contribution in [0, 0.1) is 0 Å². The first-order valence-electron chi connectivity index (χ1n) is 8.63. The molecular formula is C21H21NO2. The number of hydrogen-bond acceptors (Lipinski definition) is 2. The van der Waals surface area contributed by atoms with Crippen LogP contribution in [0.2, 0.25) is 0 Å². The molecule has 1 aliphatic carbocycles. The number of para-hydroxylation sites is 1. The summed E-state index contributed by atoms with van der Waals surface area (Å²) >= 11 is 0. The number of benzene rings is 2. The van der Waals surface area contributed by atoms with Gasteiger partial charge in [0.15, 0.2) is 0 Å². The SMILES string of the molecule is CCN(C(=O)Cc1coc2cc3c(cc12)CCC3)c1ccccc1. The van der Waals surface area contributed by atoms with Crippen molar-refractivity contribution in [2.75, 3.05) is 11.4 Å². The van der Waals surface area contributed by atoms with Crippen LogP contribution in [-0.2, 0) is 24.1 Å². The van der Waals surface area contributed by atoms with Crippen LogP contribution in [0.15, 0.2) is 53.1 Å². The van der Waals surface area contributed by atoms with E-state index in [0.717, 1.165) is 35.1 Å². The number of furan rings is 1. The third kappa shape index (κ3) is 2.60. The van der Waals surface area contributed by atoms with Gasteiger partial charge in [0.2, 0.25) is 5.91 Å². The Hall–Kier alpha value is -2.55. The lowest BCUT2D eigenvalue weighted by atomic mass is 10.0. The first-order valence-corrected chi connectivity index (χ1v) is 8.63. The highest BCUT2D eigenvalue weighted by Gasteiger charge is 2.19. The van der Waals surface area contributed by atoms with Crippen LogP contribution in [-0.4, -0.2) is 12.5 Å². The molecule has 0 fully saturated rings. The number of anilines is 1. The molecule has 0 radical (unpaired) electrons. The van der Waals surface area contributed by atoms with Crippen molar-refractivity contribution in [3.05, 3.63) is 65.4 Å². The number of fused-ring (bicyclic) bond motifs is 2. The van der Waals surface area contributed by atoms with Crippen molar-refractivity contribution in [2.24, 2.45) is 0 Å². The third-order valence-electron chi connectivity index (χ3n) is 4.89. The molecule has 122 valence electrons. The summed E-state index contributed by atoms with van der Waals surface area (Å²) in [6, 6.07) is 14.2. The van der Waals surface area contributed by atoms with E-state index in [9.17, 15) is 4.79 Å². The zero-order valence-corrected chi connectivity index (χ0v) is 13.9. The van der Waals surface area contributed by atoms with Gasteiger partial charge in [-0.25, -0.2) is 0 Å². The fourth-order valence-corrected chi connectivity index (χ4v) is 3.65. The van der Waals surface area contributed by atoms with Crippen molar-refractivity contribution in [2.45, 2.75) is 32.6 Å². The number of amides is 1. The summed E-state index contributed by atoms with van der Waals surface area (Å²) in [5.74, 6) is 0.104. The van der Waals surface area contributed by atoms with Crippen LogP contribution in [0.25, 0.3) is 11.0 Å². The summed E-state index contributed by atoms with van der Waals surface area (Å²) in [5.41, 5.74) is 5.64. The van der Waals surface area contributed by atoms with Crippen molar-refractivity contribution in [1.29, 1.82) is 0 Å². The Balaban J connectivity index is 1.63. The van der Waals surface area contributed by atoms with Crippen molar-refractivity contribution in [1.82, 2.24) is 0 Å². The van der Waals surface area contributed by atoms with E-state index < -0.39 is 0 Å². The van der Waals surface area contributed by atoms with E-state index >= 15 is 0 Å². The summed E-state index contributed by atoms with van der Waals surface area (Å²) in [6.45, 7) is 2.67. The molecule has 24 heavy (non-hydrogen) atoms. The number of rotatable bonds is 4. The largest absolute Gasteiger partial charge is 0.464 e. The molecule has 1 aliphatic rings. The minimum absolute atomic E-state index is 0.104. The minimum atomic E-state index is 0.104. The van der Waals surface area contributed by atoms with Crippen LogP contribution in [0.5, 0.6) is 0 Å². The standard InChI is InChI=1S/C21H21NO2/c1-2-22(18-9-4-3-5-10-18)21(23)13-17-14-24-20-12-16-8-6-7-15(16)11-19(17)20/h3-5,9-12,14H,2,6-8,13H2,1H3. The Morgan fingerprint density at radius 3 is 2.62 bits per heavy atom. The van der Waals surface area contributed by atoms with Crippen molar-refractivity contribution in [3.8, 4) is 0 Å². The predicted octanol–water partition coefficient (Wildman–Crippen LogP) is 4.52. The highest BCUT2D eigenvalue weighted by molar-refractivity contribution is 5.97. The van der Waals surface area contributed by atoms with Crippen molar-refractivity contribution < 1.29 is 9.21 Å². The van der Waals surface area contributed by atoms with E-state index in [-0.39, 0.29) is 5.91 Å². The van der Waals surface area contributed by atoms with E-state index in [4.69, 9.17) is 4.42 Å². The summed E-state index contributed by atoms with van der Waals surface area (Å²) < 4.78 is 5.72. The maximum Gasteiger partial charge on any atom is 0.231 e. The Morgan fingerprint density at radius 2 is 1.88 bits per heavy atom. The summed E-state index contributed by atoms with van der Waals surface area (Å²) in [5, 5.41) is 1.09. The highest BCUT2D eigenvalue weighted by atomic mass is 16.3. The average molecular weight is 319 g/mol. The second-order valence-electron chi connectivity index (χ2n) is 6.38. The Bertz CT molecular complexity index is 879. The predicted molar refractivity (Wildman–Crippen MR) is 96.4 cm³/mol. The van der Waals surface area contributed by atoms with Gasteiger partial charge in [-0.1, -0.05) is 18.2 Å². The Kier molecular flexibility index (Phi) is 3.85. The van der Waals surface area contributed by atoms with Gasteiger partial charge in [-0.05, 0) is 61.6 Å². The van der Waals surface area contributed by atoms with E-state index in [0.29, 0.717) is 13.0 Å². The molecular weight excluding hydrogens is 298 g/mol. The number of hydrogen-bond donors (Lipinski definition) is 0. The molecule has 0 unspecified atom stereocenters. The molecule has 0 aliphatic heterocycles. The fourth-order valence-electron chi connectivity index (χ4n) is 3.65. The van der Waals surface area contributed by atoms with Gasteiger partial charge in [0, 0.05) is 23.2 Å². The van der Waals surface area contributed by atoms with Crippen LogP contribution in [0.1, 0.15) is 30.0 Å². The van der Waals surface area contributed by atoms with E-state index in [2.05, 4.69) is 12.1 Å².